The van der Waals surface area contributed by atoms with Crippen LogP contribution in [0, 0.1) is 5.82 Å². The van der Waals surface area contributed by atoms with E-state index in [-0.39, 0.29) is 5.91 Å². The minimum Gasteiger partial charge on any atom is -0.495 e. The average Bonchev–Trinajstić information content (AvgIpc) is 2.47. The fourth-order valence-electron chi connectivity index (χ4n) is 1.78. The van der Waals surface area contributed by atoms with Crippen LogP contribution < -0.4 is 14.8 Å². The Morgan fingerprint density at radius 3 is 2.67 bits per heavy atom. The van der Waals surface area contributed by atoms with E-state index in [9.17, 15) is 9.18 Å². The molecule has 0 aliphatic carbocycles. The summed E-state index contributed by atoms with van der Waals surface area (Å²) in [5.41, 5.74) is 0.555. The van der Waals surface area contributed by atoms with Crippen LogP contribution in [0.25, 0.3) is 0 Å². The standard InChI is InChI=1S/C16H16FNO3/c1-11(21-13-7-5-6-12(17)10-13)16(19)18-14-8-3-4-9-15(14)20-2/h3-11H,1-2H3,(H,18,19)/t11-/m1/s1. The van der Waals surface area contributed by atoms with Crippen molar-refractivity contribution in [2.45, 2.75) is 13.0 Å². The molecule has 0 unspecified atom stereocenters. The zero-order valence-electron chi connectivity index (χ0n) is 11.8. The number of halogens is 1. The third-order valence-electron chi connectivity index (χ3n) is 2.84. The zero-order valence-corrected chi connectivity index (χ0v) is 11.8. The van der Waals surface area contributed by atoms with E-state index < -0.39 is 11.9 Å². The van der Waals surface area contributed by atoms with Gasteiger partial charge in [-0.1, -0.05) is 18.2 Å². The summed E-state index contributed by atoms with van der Waals surface area (Å²) in [6.45, 7) is 1.59. The molecule has 0 aliphatic rings. The number of nitrogens with one attached hydrogen (secondary N) is 1. The van der Waals surface area contributed by atoms with Gasteiger partial charge in [-0.25, -0.2) is 4.39 Å². The Balaban J connectivity index is 2.02. The van der Waals surface area contributed by atoms with Gasteiger partial charge >= 0.3 is 0 Å². The second-order valence-electron chi connectivity index (χ2n) is 4.41. The van der Waals surface area contributed by atoms with Crippen molar-refractivity contribution in [2.24, 2.45) is 0 Å². The van der Waals surface area contributed by atoms with E-state index in [1.54, 1.807) is 37.3 Å². The molecule has 4 nitrogen and oxygen atoms in total. The number of ether oxygens (including phenoxy) is 2. The van der Waals surface area contributed by atoms with E-state index >= 15 is 0 Å². The van der Waals surface area contributed by atoms with E-state index in [4.69, 9.17) is 9.47 Å². The Kier molecular flexibility index (Phi) is 4.77. The molecule has 0 aromatic heterocycles. The molecule has 0 fully saturated rings. The first kappa shape index (κ1) is 14.8. The summed E-state index contributed by atoms with van der Waals surface area (Å²) < 4.78 is 23.6. The van der Waals surface area contributed by atoms with Gasteiger partial charge in [0.05, 0.1) is 12.8 Å². The maximum absolute atomic E-state index is 13.1. The Morgan fingerprint density at radius 2 is 1.95 bits per heavy atom. The number of anilines is 1. The van der Waals surface area contributed by atoms with Crippen LogP contribution in [-0.4, -0.2) is 19.1 Å². The number of carbonyl (C=O) groups excluding carboxylic acids is 1. The molecule has 0 saturated carbocycles. The molecule has 0 aliphatic heterocycles. The molecule has 2 aromatic carbocycles. The van der Waals surface area contributed by atoms with E-state index in [1.807, 2.05) is 0 Å². The van der Waals surface area contributed by atoms with Gasteiger partial charge in [0.2, 0.25) is 0 Å². The molecule has 0 spiro atoms. The lowest BCUT2D eigenvalue weighted by molar-refractivity contribution is -0.122. The quantitative estimate of drug-likeness (QED) is 0.919. The van der Waals surface area contributed by atoms with E-state index in [2.05, 4.69) is 5.32 Å². The second-order valence-corrected chi connectivity index (χ2v) is 4.41. The van der Waals surface area contributed by atoms with E-state index in [0.717, 1.165) is 0 Å². The highest BCUT2D eigenvalue weighted by atomic mass is 19.1. The first-order chi connectivity index (χ1) is 10.1. The molecular weight excluding hydrogens is 273 g/mol. The highest BCUT2D eigenvalue weighted by Crippen LogP contribution is 2.23. The number of benzene rings is 2. The van der Waals surface area contributed by atoms with Crippen molar-refractivity contribution in [1.29, 1.82) is 0 Å². The van der Waals surface area contributed by atoms with Crippen LogP contribution in [0.15, 0.2) is 48.5 Å². The highest BCUT2D eigenvalue weighted by molar-refractivity contribution is 5.95. The SMILES string of the molecule is COc1ccccc1NC(=O)[C@@H](C)Oc1cccc(F)c1. The smallest absolute Gasteiger partial charge is 0.265 e. The minimum absolute atomic E-state index is 0.303. The molecule has 0 heterocycles. The van der Waals surface area contributed by atoms with Gasteiger partial charge in [0.25, 0.3) is 5.91 Å². The van der Waals surface area contributed by atoms with Gasteiger partial charge in [-0.15, -0.1) is 0 Å². The molecule has 2 aromatic rings. The normalized spacial score (nSPS) is 11.6. The Labute approximate surface area is 122 Å². The maximum atomic E-state index is 13.1. The van der Waals surface area contributed by atoms with Crippen LogP contribution in [0.3, 0.4) is 0 Å². The average molecular weight is 289 g/mol. The predicted molar refractivity (Wildman–Crippen MR) is 78.1 cm³/mol. The van der Waals surface area contributed by atoms with Crippen molar-refractivity contribution < 1.29 is 18.7 Å². The molecule has 1 atom stereocenters. The number of hydrogen-bond acceptors (Lipinski definition) is 3. The Bertz CT molecular complexity index is 630. The van der Waals surface area contributed by atoms with Crippen molar-refractivity contribution >= 4 is 11.6 Å². The van der Waals surface area contributed by atoms with Crippen molar-refractivity contribution in [3.8, 4) is 11.5 Å². The number of amides is 1. The summed E-state index contributed by atoms with van der Waals surface area (Å²) in [5.74, 6) is 0.107. The monoisotopic (exact) mass is 289 g/mol. The van der Waals surface area contributed by atoms with Crippen molar-refractivity contribution in [2.75, 3.05) is 12.4 Å². The lowest BCUT2D eigenvalue weighted by Gasteiger charge is -2.16. The molecular formula is C16H16FNO3. The molecule has 1 N–H and O–H groups in total. The third-order valence-corrected chi connectivity index (χ3v) is 2.84. The van der Waals surface area contributed by atoms with Crippen LogP contribution in [0.5, 0.6) is 11.5 Å². The molecule has 110 valence electrons. The molecule has 0 bridgehead atoms. The first-order valence-electron chi connectivity index (χ1n) is 6.46. The van der Waals surface area contributed by atoms with Gasteiger partial charge in [0, 0.05) is 6.07 Å². The summed E-state index contributed by atoms with van der Waals surface area (Å²) in [6.07, 6.45) is -0.767. The lowest BCUT2D eigenvalue weighted by atomic mass is 10.2. The van der Waals surface area contributed by atoms with Gasteiger partial charge in [-0.2, -0.15) is 0 Å². The van der Waals surface area contributed by atoms with E-state index in [0.29, 0.717) is 17.2 Å². The third kappa shape index (κ3) is 3.95. The van der Waals surface area contributed by atoms with E-state index in [1.165, 1.54) is 25.3 Å². The summed E-state index contributed by atoms with van der Waals surface area (Å²) >= 11 is 0. The highest BCUT2D eigenvalue weighted by Gasteiger charge is 2.16. The molecule has 5 heteroatoms. The number of rotatable bonds is 5. The molecule has 0 radical (unpaired) electrons. The molecule has 2 rings (SSSR count). The predicted octanol–water partition coefficient (Wildman–Crippen LogP) is 3.24. The van der Waals surface area contributed by atoms with Crippen molar-refractivity contribution in [1.82, 2.24) is 0 Å². The van der Waals surface area contributed by atoms with Gasteiger partial charge in [-0.3, -0.25) is 4.79 Å². The lowest BCUT2D eigenvalue weighted by Crippen LogP contribution is -2.30. The van der Waals surface area contributed by atoms with Crippen molar-refractivity contribution in [3.05, 3.63) is 54.3 Å². The van der Waals surface area contributed by atoms with Gasteiger partial charge in [0.15, 0.2) is 6.10 Å². The fraction of sp³-hybridized carbons (Fsp3) is 0.188. The van der Waals surface area contributed by atoms with Crippen molar-refractivity contribution in [3.63, 3.8) is 0 Å². The molecule has 21 heavy (non-hydrogen) atoms. The molecule has 1 amide bonds. The van der Waals surface area contributed by atoms with Crippen LogP contribution in [0.2, 0.25) is 0 Å². The van der Waals surface area contributed by atoms with Crippen LogP contribution in [-0.2, 0) is 4.79 Å². The second kappa shape index (κ2) is 6.74. The van der Waals surface area contributed by atoms with Crippen LogP contribution in [0.4, 0.5) is 10.1 Å². The number of hydrogen-bond donors (Lipinski definition) is 1. The van der Waals surface area contributed by atoms with Gasteiger partial charge < -0.3 is 14.8 Å². The maximum Gasteiger partial charge on any atom is 0.265 e. The molecule has 0 saturated heterocycles. The zero-order chi connectivity index (χ0) is 15.2. The van der Waals surface area contributed by atoms with Crippen LogP contribution >= 0.6 is 0 Å². The largest absolute Gasteiger partial charge is 0.495 e. The minimum atomic E-state index is -0.767. The number of para-hydroxylation sites is 2. The van der Waals surface area contributed by atoms with Gasteiger partial charge in [-0.05, 0) is 31.2 Å². The number of carbonyl (C=O) groups is 1. The van der Waals surface area contributed by atoms with Gasteiger partial charge in [0.1, 0.15) is 17.3 Å². The summed E-state index contributed by atoms with van der Waals surface area (Å²) in [7, 11) is 1.53. The summed E-state index contributed by atoms with van der Waals surface area (Å²) in [4.78, 5) is 12.1. The van der Waals surface area contributed by atoms with Crippen LogP contribution in [0.1, 0.15) is 6.92 Å². The Morgan fingerprint density at radius 1 is 1.19 bits per heavy atom. The summed E-state index contributed by atoms with van der Waals surface area (Å²) in [6, 6.07) is 12.7. The number of methoxy groups -OCH3 is 1. The summed E-state index contributed by atoms with van der Waals surface area (Å²) in [5, 5.41) is 2.71. The topological polar surface area (TPSA) is 47.6 Å². The fourth-order valence-corrected chi connectivity index (χ4v) is 1.78. The first-order valence-corrected chi connectivity index (χ1v) is 6.46. The Hall–Kier alpha value is -2.56.